The summed E-state index contributed by atoms with van der Waals surface area (Å²) in [4.78, 5) is 33.3. The first kappa shape index (κ1) is 24.6. The highest BCUT2D eigenvalue weighted by atomic mass is 16.6. The Morgan fingerprint density at radius 2 is 1.64 bits per heavy atom. The van der Waals surface area contributed by atoms with Crippen LogP contribution in [0.25, 0.3) is 0 Å². The van der Waals surface area contributed by atoms with Gasteiger partial charge in [-0.3, -0.25) is 9.78 Å². The minimum absolute atomic E-state index is 0.0506. The van der Waals surface area contributed by atoms with Gasteiger partial charge < -0.3 is 19.3 Å². The third kappa shape index (κ3) is 6.70. The molecular weight excluding hydrogens is 418 g/mol. The zero-order chi connectivity index (χ0) is 24.2. The number of anilines is 1. The van der Waals surface area contributed by atoms with Crippen molar-refractivity contribution in [3.63, 3.8) is 0 Å². The second-order valence-corrected chi connectivity index (χ2v) is 10.3. The fourth-order valence-corrected chi connectivity index (χ4v) is 3.84. The van der Waals surface area contributed by atoms with Gasteiger partial charge in [0.1, 0.15) is 11.4 Å². The van der Waals surface area contributed by atoms with Crippen LogP contribution in [0.3, 0.4) is 0 Å². The highest BCUT2D eigenvalue weighted by molar-refractivity contribution is 5.94. The summed E-state index contributed by atoms with van der Waals surface area (Å²) in [7, 11) is 0. The van der Waals surface area contributed by atoms with Crippen LogP contribution >= 0.6 is 0 Å². The lowest BCUT2D eigenvalue weighted by molar-refractivity contribution is -0.157. The van der Waals surface area contributed by atoms with E-state index in [2.05, 4.69) is 54.9 Å². The molecule has 0 saturated carbocycles. The average Bonchev–Trinajstić information content (AvgIpc) is 2.76. The molecule has 0 aliphatic carbocycles. The van der Waals surface area contributed by atoms with Crippen molar-refractivity contribution in [3.8, 4) is 5.75 Å². The molecule has 7 nitrogen and oxygen atoms in total. The highest BCUT2D eigenvalue weighted by Gasteiger charge is 2.26. The van der Waals surface area contributed by atoms with Crippen LogP contribution in [0.15, 0.2) is 42.7 Å². The molecule has 1 aliphatic rings. The van der Waals surface area contributed by atoms with Gasteiger partial charge in [0.2, 0.25) is 0 Å². The SMILES string of the molecule is CC(C)(C)OC(=O)COc1cncc(C(=O)N2CCN(c3ccccc3C(C)(C)C)CC2)c1. The molecule has 0 bridgehead atoms. The summed E-state index contributed by atoms with van der Waals surface area (Å²) in [6.45, 7) is 14.6. The van der Waals surface area contributed by atoms with Crippen molar-refractivity contribution in [2.24, 2.45) is 0 Å². The molecule has 1 fully saturated rings. The van der Waals surface area contributed by atoms with E-state index in [0.29, 0.717) is 24.4 Å². The number of nitrogens with zero attached hydrogens (tertiary/aromatic N) is 3. The molecule has 2 aromatic rings. The normalized spacial score (nSPS) is 14.7. The van der Waals surface area contributed by atoms with Gasteiger partial charge in [-0.1, -0.05) is 39.0 Å². The van der Waals surface area contributed by atoms with E-state index < -0.39 is 11.6 Å². The molecule has 0 spiro atoms. The van der Waals surface area contributed by atoms with Crippen molar-refractivity contribution in [1.29, 1.82) is 0 Å². The van der Waals surface area contributed by atoms with Crippen molar-refractivity contribution < 1.29 is 19.1 Å². The fourth-order valence-electron chi connectivity index (χ4n) is 3.84. The lowest BCUT2D eigenvalue weighted by Crippen LogP contribution is -2.49. The van der Waals surface area contributed by atoms with Crippen LogP contribution in [0.2, 0.25) is 0 Å². The largest absolute Gasteiger partial charge is 0.480 e. The van der Waals surface area contributed by atoms with E-state index >= 15 is 0 Å². The van der Waals surface area contributed by atoms with Gasteiger partial charge in [-0.25, -0.2) is 4.79 Å². The van der Waals surface area contributed by atoms with Gasteiger partial charge in [0.25, 0.3) is 5.91 Å². The smallest absolute Gasteiger partial charge is 0.344 e. The standard InChI is InChI=1S/C26H35N3O4/c1-25(2,3)21-9-7-8-10-22(21)28-11-13-29(14-12-28)24(31)19-15-20(17-27-16-19)32-18-23(30)33-26(4,5)6/h7-10,15-17H,11-14,18H2,1-6H3. The molecule has 1 aliphatic heterocycles. The second kappa shape index (κ2) is 9.81. The maximum Gasteiger partial charge on any atom is 0.344 e. The van der Waals surface area contributed by atoms with Crippen LogP contribution in [-0.2, 0) is 14.9 Å². The maximum atomic E-state index is 13.1. The molecule has 0 atom stereocenters. The van der Waals surface area contributed by atoms with Crippen LogP contribution in [0.1, 0.15) is 57.5 Å². The van der Waals surface area contributed by atoms with Gasteiger partial charge >= 0.3 is 5.97 Å². The Morgan fingerprint density at radius 1 is 0.970 bits per heavy atom. The second-order valence-electron chi connectivity index (χ2n) is 10.3. The summed E-state index contributed by atoms with van der Waals surface area (Å²) < 4.78 is 10.7. The number of carbonyl (C=O) groups is 2. The molecule has 1 amide bonds. The number of pyridine rings is 1. The Balaban J connectivity index is 1.60. The first-order valence-corrected chi connectivity index (χ1v) is 11.4. The monoisotopic (exact) mass is 453 g/mol. The Hall–Kier alpha value is -3.09. The Labute approximate surface area is 196 Å². The van der Waals surface area contributed by atoms with Crippen molar-refractivity contribution >= 4 is 17.6 Å². The predicted octanol–water partition coefficient (Wildman–Crippen LogP) is 4.06. The van der Waals surface area contributed by atoms with Gasteiger partial charge in [-0.2, -0.15) is 0 Å². The number of hydrogen-bond acceptors (Lipinski definition) is 6. The number of rotatable bonds is 5. The van der Waals surface area contributed by atoms with Gasteiger partial charge in [0.15, 0.2) is 6.61 Å². The van der Waals surface area contributed by atoms with E-state index in [1.807, 2.05) is 4.90 Å². The van der Waals surface area contributed by atoms with Crippen molar-refractivity contribution in [3.05, 3.63) is 53.9 Å². The molecule has 1 saturated heterocycles. The number of esters is 1. The fraction of sp³-hybridized carbons (Fsp3) is 0.500. The van der Waals surface area contributed by atoms with Gasteiger partial charge in [0, 0.05) is 38.1 Å². The predicted molar refractivity (Wildman–Crippen MR) is 129 cm³/mol. The summed E-state index contributed by atoms with van der Waals surface area (Å²) in [5.41, 5.74) is 2.46. The molecular formula is C26H35N3O4. The lowest BCUT2D eigenvalue weighted by atomic mass is 9.85. The number of para-hydroxylation sites is 1. The first-order chi connectivity index (χ1) is 15.4. The van der Waals surface area contributed by atoms with Gasteiger partial charge in [0.05, 0.1) is 11.8 Å². The Kier molecular flexibility index (Phi) is 7.30. The van der Waals surface area contributed by atoms with E-state index in [1.165, 1.54) is 23.6 Å². The first-order valence-electron chi connectivity index (χ1n) is 11.4. The van der Waals surface area contributed by atoms with E-state index in [9.17, 15) is 9.59 Å². The Bertz CT molecular complexity index is 984. The molecule has 178 valence electrons. The van der Waals surface area contributed by atoms with Crippen molar-refractivity contribution in [2.75, 3.05) is 37.7 Å². The minimum atomic E-state index is -0.577. The van der Waals surface area contributed by atoms with Crippen molar-refractivity contribution in [1.82, 2.24) is 9.88 Å². The number of piperazine rings is 1. The molecule has 0 unspecified atom stereocenters. The summed E-state index contributed by atoms with van der Waals surface area (Å²) >= 11 is 0. The highest BCUT2D eigenvalue weighted by Crippen LogP contribution is 2.32. The topological polar surface area (TPSA) is 72.0 Å². The molecule has 33 heavy (non-hydrogen) atoms. The molecule has 0 radical (unpaired) electrons. The minimum Gasteiger partial charge on any atom is -0.480 e. The number of amides is 1. The van der Waals surface area contributed by atoms with Crippen molar-refractivity contribution in [2.45, 2.75) is 52.6 Å². The third-order valence-corrected chi connectivity index (χ3v) is 5.36. The summed E-state index contributed by atoms with van der Waals surface area (Å²) in [6, 6.07) is 10.1. The van der Waals surface area contributed by atoms with Crippen LogP contribution in [-0.4, -0.2) is 60.1 Å². The van der Waals surface area contributed by atoms with Gasteiger partial charge in [-0.05, 0) is 43.9 Å². The van der Waals surface area contributed by atoms with E-state index in [-0.39, 0.29) is 17.9 Å². The number of ether oxygens (including phenoxy) is 2. The van der Waals surface area contributed by atoms with Crippen LogP contribution in [0, 0.1) is 0 Å². The molecule has 7 heteroatoms. The molecule has 3 rings (SSSR count). The number of hydrogen-bond donors (Lipinski definition) is 0. The zero-order valence-electron chi connectivity index (χ0n) is 20.6. The van der Waals surface area contributed by atoms with Gasteiger partial charge in [-0.15, -0.1) is 0 Å². The molecule has 0 N–H and O–H groups in total. The van der Waals surface area contributed by atoms with Crippen LogP contribution in [0.4, 0.5) is 5.69 Å². The number of aromatic nitrogens is 1. The summed E-state index contributed by atoms with van der Waals surface area (Å²) in [6.07, 6.45) is 3.02. The van der Waals surface area contributed by atoms with Crippen LogP contribution < -0.4 is 9.64 Å². The maximum absolute atomic E-state index is 13.1. The number of benzene rings is 1. The Morgan fingerprint density at radius 3 is 2.27 bits per heavy atom. The molecule has 1 aromatic heterocycles. The molecule has 1 aromatic carbocycles. The number of carbonyl (C=O) groups excluding carboxylic acids is 2. The molecule has 2 heterocycles. The van der Waals surface area contributed by atoms with E-state index in [4.69, 9.17) is 9.47 Å². The summed E-state index contributed by atoms with van der Waals surface area (Å²) in [5, 5.41) is 0. The lowest BCUT2D eigenvalue weighted by Gasteiger charge is -2.38. The van der Waals surface area contributed by atoms with E-state index in [1.54, 1.807) is 26.8 Å². The summed E-state index contributed by atoms with van der Waals surface area (Å²) in [5.74, 6) is -0.190. The third-order valence-electron chi connectivity index (χ3n) is 5.36. The van der Waals surface area contributed by atoms with Crippen LogP contribution in [0.5, 0.6) is 5.75 Å². The van der Waals surface area contributed by atoms with E-state index in [0.717, 1.165) is 13.1 Å². The quantitative estimate of drug-likeness (QED) is 0.636. The zero-order valence-corrected chi connectivity index (χ0v) is 20.6. The average molecular weight is 454 g/mol.